The third-order valence-corrected chi connectivity index (χ3v) is 4.94. The number of nitrogens with one attached hydrogen (secondary N) is 1. The summed E-state index contributed by atoms with van der Waals surface area (Å²) in [4.78, 5) is 12.4. The minimum absolute atomic E-state index is 0.115. The van der Waals surface area contributed by atoms with Crippen molar-refractivity contribution in [2.24, 2.45) is 0 Å². The molecule has 0 bridgehead atoms. The minimum atomic E-state index is -0.218. The molecular weight excluding hydrogens is 394 g/mol. The summed E-state index contributed by atoms with van der Waals surface area (Å²) in [7, 11) is 4.68. The summed E-state index contributed by atoms with van der Waals surface area (Å²) >= 11 is 1.22. The van der Waals surface area contributed by atoms with Crippen molar-refractivity contribution >= 4 is 23.4 Å². The van der Waals surface area contributed by atoms with Gasteiger partial charge in [0.05, 0.1) is 32.8 Å². The monoisotopic (exact) mass is 415 g/mol. The third kappa shape index (κ3) is 4.77. The van der Waals surface area contributed by atoms with Crippen LogP contribution in [0.25, 0.3) is 5.69 Å². The van der Waals surface area contributed by atoms with E-state index in [-0.39, 0.29) is 11.7 Å². The van der Waals surface area contributed by atoms with Gasteiger partial charge in [-0.3, -0.25) is 4.79 Å². The number of anilines is 1. The SMILES string of the molecule is COc1ccc(NC(=O)CSc2nnnn2-c2cc(C)ccc2OC)c(OC)c1. The van der Waals surface area contributed by atoms with Crippen LogP contribution in [0.4, 0.5) is 5.69 Å². The number of tetrazole rings is 1. The molecule has 0 aliphatic heterocycles. The summed E-state index contributed by atoms with van der Waals surface area (Å²) in [6.07, 6.45) is 0. The van der Waals surface area contributed by atoms with Gasteiger partial charge in [0.1, 0.15) is 22.9 Å². The highest BCUT2D eigenvalue weighted by Gasteiger charge is 2.16. The van der Waals surface area contributed by atoms with Crippen LogP contribution in [0.5, 0.6) is 17.2 Å². The Morgan fingerprint density at radius 2 is 1.86 bits per heavy atom. The smallest absolute Gasteiger partial charge is 0.234 e. The summed E-state index contributed by atoms with van der Waals surface area (Å²) in [6.45, 7) is 1.97. The average Bonchev–Trinajstić information content (AvgIpc) is 3.21. The molecule has 0 radical (unpaired) electrons. The lowest BCUT2D eigenvalue weighted by atomic mass is 10.2. The summed E-state index contributed by atoms with van der Waals surface area (Å²) < 4.78 is 17.4. The Kier molecular flexibility index (Phi) is 6.55. The number of hydrogen-bond acceptors (Lipinski definition) is 8. The first kappa shape index (κ1) is 20.5. The van der Waals surface area contributed by atoms with Gasteiger partial charge in [-0.15, -0.1) is 5.10 Å². The van der Waals surface area contributed by atoms with Crippen molar-refractivity contribution in [3.8, 4) is 22.9 Å². The second-order valence-corrected chi connectivity index (χ2v) is 6.89. The van der Waals surface area contributed by atoms with E-state index in [1.807, 2.05) is 25.1 Å². The molecule has 0 unspecified atom stereocenters. The van der Waals surface area contributed by atoms with Crippen LogP contribution in [0, 0.1) is 6.92 Å². The first-order valence-electron chi connectivity index (χ1n) is 8.63. The Morgan fingerprint density at radius 1 is 1.07 bits per heavy atom. The van der Waals surface area contributed by atoms with Gasteiger partial charge in [0.2, 0.25) is 11.1 Å². The summed E-state index contributed by atoms with van der Waals surface area (Å²) in [5.74, 6) is 1.68. The number of thioether (sulfide) groups is 1. The number of aromatic nitrogens is 4. The zero-order chi connectivity index (χ0) is 20.8. The van der Waals surface area contributed by atoms with E-state index >= 15 is 0 Å². The molecule has 3 rings (SSSR count). The van der Waals surface area contributed by atoms with E-state index in [9.17, 15) is 4.79 Å². The van der Waals surface area contributed by atoms with Crippen LogP contribution in [-0.2, 0) is 4.79 Å². The molecule has 0 saturated carbocycles. The number of carbonyl (C=O) groups is 1. The van der Waals surface area contributed by atoms with Crippen molar-refractivity contribution in [3.63, 3.8) is 0 Å². The molecule has 0 saturated heterocycles. The number of methoxy groups -OCH3 is 3. The van der Waals surface area contributed by atoms with Crippen LogP contribution in [0.15, 0.2) is 41.6 Å². The van der Waals surface area contributed by atoms with Gasteiger partial charge in [-0.1, -0.05) is 17.8 Å². The predicted molar refractivity (Wildman–Crippen MR) is 109 cm³/mol. The van der Waals surface area contributed by atoms with E-state index in [0.717, 1.165) is 5.56 Å². The van der Waals surface area contributed by atoms with Gasteiger partial charge < -0.3 is 19.5 Å². The lowest BCUT2D eigenvalue weighted by Crippen LogP contribution is -2.15. The van der Waals surface area contributed by atoms with Gasteiger partial charge in [0, 0.05) is 6.07 Å². The number of rotatable bonds is 8. The normalized spacial score (nSPS) is 10.5. The van der Waals surface area contributed by atoms with Crippen molar-refractivity contribution in [1.82, 2.24) is 20.2 Å². The fourth-order valence-electron chi connectivity index (χ4n) is 2.60. The summed E-state index contributed by atoms with van der Waals surface area (Å²) in [6, 6.07) is 10.9. The highest BCUT2D eigenvalue weighted by molar-refractivity contribution is 7.99. The number of hydrogen-bond donors (Lipinski definition) is 1. The maximum atomic E-state index is 12.4. The van der Waals surface area contributed by atoms with Crippen molar-refractivity contribution in [1.29, 1.82) is 0 Å². The minimum Gasteiger partial charge on any atom is -0.497 e. The van der Waals surface area contributed by atoms with Gasteiger partial charge in [0.15, 0.2) is 0 Å². The third-order valence-electron chi connectivity index (χ3n) is 4.02. The molecule has 2 aromatic carbocycles. The van der Waals surface area contributed by atoms with E-state index in [0.29, 0.717) is 33.8 Å². The van der Waals surface area contributed by atoms with Crippen LogP contribution in [-0.4, -0.2) is 53.2 Å². The number of benzene rings is 2. The summed E-state index contributed by atoms with van der Waals surface area (Å²) in [5.41, 5.74) is 2.30. The molecule has 0 fully saturated rings. The molecule has 1 aromatic heterocycles. The van der Waals surface area contributed by atoms with E-state index in [4.69, 9.17) is 14.2 Å². The zero-order valence-electron chi connectivity index (χ0n) is 16.5. The first-order chi connectivity index (χ1) is 14.0. The average molecular weight is 415 g/mol. The fraction of sp³-hybridized carbons (Fsp3) is 0.263. The molecule has 0 aliphatic carbocycles. The number of aryl methyl sites for hydroxylation is 1. The van der Waals surface area contributed by atoms with E-state index in [1.54, 1.807) is 37.1 Å². The molecule has 0 atom stereocenters. The number of ether oxygens (including phenoxy) is 3. The molecule has 3 aromatic rings. The molecule has 1 heterocycles. The maximum Gasteiger partial charge on any atom is 0.234 e. The van der Waals surface area contributed by atoms with Gasteiger partial charge in [-0.25, -0.2) is 0 Å². The fourth-order valence-corrected chi connectivity index (χ4v) is 3.29. The van der Waals surface area contributed by atoms with E-state index in [1.165, 1.54) is 18.9 Å². The lowest BCUT2D eigenvalue weighted by Gasteiger charge is -2.12. The zero-order valence-corrected chi connectivity index (χ0v) is 17.3. The van der Waals surface area contributed by atoms with Crippen molar-refractivity contribution in [2.75, 3.05) is 32.4 Å². The number of nitrogens with zero attached hydrogens (tertiary/aromatic N) is 4. The van der Waals surface area contributed by atoms with E-state index in [2.05, 4.69) is 20.8 Å². The Bertz CT molecular complexity index is 1010. The standard InChI is InChI=1S/C19H21N5O4S/c1-12-5-8-16(27-3)15(9-12)24-19(21-22-23-24)29-11-18(25)20-14-7-6-13(26-2)10-17(14)28-4/h5-10H,11H2,1-4H3,(H,20,25). The van der Waals surface area contributed by atoms with Crippen molar-refractivity contribution in [3.05, 3.63) is 42.0 Å². The molecule has 152 valence electrons. The second-order valence-electron chi connectivity index (χ2n) is 5.95. The molecule has 1 N–H and O–H groups in total. The van der Waals surface area contributed by atoms with Crippen LogP contribution >= 0.6 is 11.8 Å². The molecule has 0 aliphatic rings. The topological polar surface area (TPSA) is 100 Å². The van der Waals surface area contributed by atoms with Crippen LogP contribution in [0.3, 0.4) is 0 Å². The Balaban J connectivity index is 1.71. The largest absolute Gasteiger partial charge is 0.497 e. The Hall–Kier alpha value is -3.27. The molecule has 29 heavy (non-hydrogen) atoms. The highest BCUT2D eigenvalue weighted by Crippen LogP contribution is 2.30. The molecule has 9 nitrogen and oxygen atoms in total. The molecule has 0 spiro atoms. The number of carbonyl (C=O) groups excluding carboxylic acids is 1. The molecule has 1 amide bonds. The molecule has 10 heteroatoms. The maximum absolute atomic E-state index is 12.4. The van der Waals surface area contributed by atoms with Gasteiger partial charge in [0.25, 0.3) is 0 Å². The molecular formula is C19H21N5O4S. The number of amides is 1. The van der Waals surface area contributed by atoms with Crippen molar-refractivity contribution in [2.45, 2.75) is 12.1 Å². The summed E-state index contributed by atoms with van der Waals surface area (Å²) in [5, 5.41) is 15.1. The first-order valence-corrected chi connectivity index (χ1v) is 9.62. The van der Waals surface area contributed by atoms with Gasteiger partial charge >= 0.3 is 0 Å². The van der Waals surface area contributed by atoms with Crippen LogP contribution in [0.2, 0.25) is 0 Å². The lowest BCUT2D eigenvalue weighted by molar-refractivity contribution is -0.113. The van der Waals surface area contributed by atoms with Gasteiger partial charge in [-0.2, -0.15) is 4.68 Å². The predicted octanol–water partition coefficient (Wildman–Crippen LogP) is 2.73. The van der Waals surface area contributed by atoms with E-state index < -0.39 is 0 Å². The van der Waals surface area contributed by atoms with Crippen LogP contribution in [0.1, 0.15) is 5.56 Å². The Labute approximate surface area is 172 Å². The quantitative estimate of drug-likeness (QED) is 0.561. The van der Waals surface area contributed by atoms with Crippen molar-refractivity contribution < 1.29 is 19.0 Å². The van der Waals surface area contributed by atoms with Crippen LogP contribution < -0.4 is 19.5 Å². The highest BCUT2D eigenvalue weighted by atomic mass is 32.2. The second kappa shape index (κ2) is 9.28. The van der Waals surface area contributed by atoms with Gasteiger partial charge in [-0.05, 0) is 47.2 Å². The Morgan fingerprint density at radius 3 is 2.59 bits per heavy atom.